The Bertz CT molecular complexity index is 513. The third-order valence-electron chi connectivity index (χ3n) is 2.73. The minimum atomic E-state index is -0.200. The Morgan fingerprint density at radius 2 is 2.11 bits per heavy atom. The first-order valence-corrected chi connectivity index (χ1v) is 7.43. The van der Waals surface area contributed by atoms with Gasteiger partial charge in [0.2, 0.25) is 5.89 Å². The highest BCUT2D eigenvalue weighted by Crippen LogP contribution is 2.16. The van der Waals surface area contributed by atoms with Crippen LogP contribution in [0.25, 0.3) is 0 Å². The molecule has 1 aromatic heterocycles. The van der Waals surface area contributed by atoms with E-state index in [9.17, 15) is 5.11 Å². The van der Waals surface area contributed by atoms with Gasteiger partial charge in [0.25, 0.3) is 0 Å². The predicted molar refractivity (Wildman–Crippen MR) is 75.1 cm³/mol. The van der Waals surface area contributed by atoms with E-state index in [1.54, 1.807) is 23.9 Å². The first-order valence-electron chi connectivity index (χ1n) is 6.04. The highest BCUT2D eigenvalue weighted by Gasteiger charge is 2.14. The summed E-state index contributed by atoms with van der Waals surface area (Å²) < 4.78 is 5.17. The Balaban J connectivity index is 1.98. The molecule has 1 aromatic carbocycles. The van der Waals surface area contributed by atoms with Gasteiger partial charge in [0, 0.05) is 6.42 Å². The monoisotopic (exact) mass is 279 g/mol. The van der Waals surface area contributed by atoms with Gasteiger partial charge in [-0.15, -0.1) is 0 Å². The van der Waals surface area contributed by atoms with Gasteiger partial charge in [0.05, 0.1) is 6.04 Å². The van der Waals surface area contributed by atoms with Gasteiger partial charge in [-0.2, -0.15) is 16.7 Å². The maximum Gasteiger partial charge on any atom is 0.243 e. The molecule has 0 aliphatic heterocycles. The summed E-state index contributed by atoms with van der Waals surface area (Å²) in [6, 6.07) is 6.74. The van der Waals surface area contributed by atoms with E-state index in [0.717, 1.165) is 17.7 Å². The summed E-state index contributed by atoms with van der Waals surface area (Å²) in [6.45, 7) is 0. The van der Waals surface area contributed by atoms with Crippen LogP contribution in [0.5, 0.6) is 5.75 Å². The fraction of sp³-hybridized carbons (Fsp3) is 0.385. The Hall–Kier alpha value is -1.53. The summed E-state index contributed by atoms with van der Waals surface area (Å²) in [6.07, 6.45) is 3.43. The molecule has 3 N–H and O–H groups in total. The molecule has 0 saturated carbocycles. The molecule has 0 spiro atoms. The van der Waals surface area contributed by atoms with Gasteiger partial charge >= 0.3 is 0 Å². The van der Waals surface area contributed by atoms with Crippen molar-refractivity contribution in [1.82, 2.24) is 10.1 Å². The number of nitrogens with zero attached hydrogens (tertiary/aromatic N) is 2. The Morgan fingerprint density at radius 1 is 1.37 bits per heavy atom. The topological polar surface area (TPSA) is 85.2 Å². The number of nitrogens with two attached hydrogens (primary N) is 1. The van der Waals surface area contributed by atoms with Gasteiger partial charge in [-0.3, -0.25) is 0 Å². The zero-order chi connectivity index (χ0) is 13.7. The molecule has 1 atom stereocenters. The van der Waals surface area contributed by atoms with E-state index in [4.69, 9.17) is 10.3 Å². The number of aromatic nitrogens is 2. The number of phenolic OH excluding ortho intramolecular Hbond substituents is 1. The molecule has 0 saturated heterocycles. The molecule has 0 unspecified atom stereocenters. The van der Waals surface area contributed by atoms with Crippen LogP contribution < -0.4 is 5.73 Å². The second-order valence-corrected chi connectivity index (χ2v) is 5.27. The quantitative estimate of drug-likeness (QED) is 0.842. The van der Waals surface area contributed by atoms with Crippen LogP contribution in [0.4, 0.5) is 0 Å². The van der Waals surface area contributed by atoms with E-state index in [1.165, 1.54) is 0 Å². The lowest BCUT2D eigenvalue weighted by Gasteiger charge is -2.03. The van der Waals surface area contributed by atoms with Gasteiger partial charge < -0.3 is 15.4 Å². The van der Waals surface area contributed by atoms with Crippen molar-refractivity contribution in [2.24, 2.45) is 5.73 Å². The van der Waals surface area contributed by atoms with E-state index in [-0.39, 0.29) is 11.8 Å². The fourth-order valence-corrected chi connectivity index (χ4v) is 2.14. The zero-order valence-corrected chi connectivity index (χ0v) is 11.6. The van der Waals surface area contributed by atoms with Crippen LogP contribution in [-0.2, 0) is 6.42 Å². The van der Waals surface area contributed by atoms with E-state index < -0.39 is 0 Å². The minimum Gasteiger partial charge on any atom is -0.508 e. The second-order valence-electron chi connectivity index (χ2n) is 4.28. The SMILES string of the molecule is CSCC[C@H](N)c1nc(Cc2ccc(O)cc2)no1. The molecule has 0 amide bonds. The molecule has 0 fully saturated rings. The van der Waals surface area contributed by atoms with Gasteiger partial charge in [-0.05, 0) is 36.1 Å². The molecule has 102 valence electrons. The van der Waals surface area contributed by atoms with E-state index in [1.807, 2.05) is 18.4 Å². The summed E-state index contributed by atoms with van der Waals surface area (Å²) in [7, 11) is 0. The first-order chi connectivity index (χ1) is 9.19. The van der Waals surface area contributed by atoms with Crippen molar-refractivity contribution in [3.8, 4) is 5.75 Å². The molecule has 6 heteroatoms. The Morgan fingerprint density at radius 3 is 2.79 bits per heavy atom. The predicted octanol–water partition coefficient (Wildman–Crippen LogP) is 2.12. The van der Waals surface area contributed by atoms with Crippen molar-refractivity contribution in [2.75, 3.05) is 12.0 Å². The van der Waals surface area contributed by atoms with Crippen molar-refractivity contribution in [3.05, 3.63) is 41.5 Å². The number of phenols is 1. The lowest BCUT2D eigenvalue weighted by molar-refractivity contribution is 0.349. The largest absolute Gasteiger partial charge is 0.508 e. The lowest BCUT2D eigenvalue weighted by atomic mass is 10.1. The summed E-state index contributed by atoms with van der Waals surface area (Å²) in [5.74, 6) is 2.32. The van der Waals surface area contributed by atoms with E-state index in [0.29, 0.717) is 18.1 Å². The van der Waals surface area contributed by atoms with Crippen molar-refractivity contribution in [3.63, 3.8) is 0 Å². The van der Waals surface area contributed by atoms with Crippen LogP contribution in [0.3, 0.4) is 0 Å². The summed E-state index contributed by atoms with van der Waals surface area (Å²) in [5, 5.41) is 13.1. The second kappa shape index (κ2) is 6.58. The molecule has 2 aromatic rings. The van der Waals surface area contributed by atoms with Crippen LogP contribution in [0.15, 0.2) is 28.8 Å². The van der Waals surface area contributed by atoms with Crippen molar-refractivity contribution < 1.29 is 9.63 Å². The molecular formula is C13H17N3O2S. The van der Waals surface area contributed by atoms with Crippen LogP contribution in [0.2, 0.25) is 0 Å². The van der Waals surface area contributed by atoms with Crippen molar-refractivity contribution >= 4 is 11.8 Å². The maximum absolute atomic E-state index is 9.21. The lowest BCUT2D eigenvalue weighted by Crippen LogP contribution is -2.11. The number of hydrogen-bond acceptors (Lipinski definition) is 6. The number of benzene rings is 1. The molecule has 0 aliphatic carbocycles. The minimum absolute atomic E-state index is 0.200. The molecule has 0 bridgehead atoms. The van der Waals surface area contributed by atoms with Crippen LogP contribution >= 0.6 is 11.8 Å². The smallest absolute Gasteiger partial charge is 0.243 e. The van der Waals surface area contributed by atoms with Gasteiger partial charge in [0.15, 0.2) is 5.82 Å². The first kappa shape index (κ1) is 13.9. The molecule has 0 radical (unpaired) electrons. The normalized spacial score (nSPS) is 12.5. The van der Waals surface area contributed by atoms with Crippen LogP contribution in [0.1, 0.15) is 29.7 Å². The number of thioether (sulfide) groups is 1. The average molecular weight is 279 g/mol. The number of rotatable bonds is 6. The number of aromatic hydroxyl groups is 1. The van der Waals surface area contributed by atoms with E-state index >= 15 is 0 Å². The molecule has 19 heavy (non-hydrogen) atoms. The molecule has 0 aliphatic rings. The van der Waals surface area contributed by atoms with Gasteiger partial charge in [-0.1, -0.05) is 17.3 Å². The Kier molecular flexibility index (Phi) is 4.81. The molecule has 1 heterocycles. The third kappa shape index (κ3) is 3.97. The molecule has 2 rings (SSSR count). The highest BCUT2D eigenvalue weighted by molar-refractivity contribution is 7.98. The van der Waals surface area contributed by atoms with Crippen molar-refractivity contribution in [2.45, 2.75) is 18.9 Å². The average Bonchev–Trinajstić information content (AvgIpc) is 2.87. The standard InChI is InChI=1S/C13H17N3O2S/c1-19-7-6-11(14)13-15-12(16-18-13)8-9-2-4-10(17)5-3-9/h2-5,11,17H,6-8,14H2,1H3/t11-/m0/s1. The summed E-state index contributed by atoms with van der Waals surface area (Å²) in [5.41, 5.74) is 6.98. The van der Waals surface area contributed by atoms with Crippen molar-refractivity contribution in [1.29, 1.82) is 0 Å². The van der Waals surface area contributed by atoms with E-state index in [2.05, 4.69) is 10.1 Å². The third-order valence-corrected chi connectivity index (χ3v) is 3.38. The molecular weight excluding hydrogens is 262 g/mol. The summed E-state index contributed by atoms with van der Waals surface area (Å²) in [4.78, 5) is 4.31. The maximum atomic E-state index is 9.21. The summed E-state index contributed by atoms with van der Waals surface area (Å²) >= 11 is 1.74. The highest BCUT2D eigenvalue weighted by atomic mass is 32.2. The molecule has 5 nitrogen and oxygen atoms in total. The van der Waals surface area contributed by atoms with Crippen LogP contribution in [-0.4, -0.2) is 27.3 Å². The Labute approximate surface area is 116 Å². The fourth-order valence-electron chi connectivity index (χ4n) is 1.65. The zero-order valence-electron chi connectivity index (χ0n) is 10.7. The van der Waals surface area contributed by atoms with Gasteiger partial charge in [0.1, 0.15) is 5.75 Å². The number of hydrogen-bond donors (Lipinski definition) is 2. The van der Waals surface area contributed by atoms with Gasteiger partial charge in [-0.25, -0.2) is 0 Å². The van der Waals surface area contributed by atoms with Crippen LogP contribution in [0, 0.1) is 0 Å².